The van der Waals surface area contributed by atoms with E-state index in [1.165, 1.54) is 0 Å². The van der Waals surface area contributed by atoms with E-state index in [9.17, 15) is 9.59 Å². The molecule has 170 valence electrons. The van der Waals surface area contributed by atoms with E-state index in [1.807, 2.05) is 78.7 Å². The maximum absolute atomic E-state index is 13.2. The normalized spacial score (nSPS) is 18.2. The molecule has 0 radical (unpaired) electrons. The smallest absolute Gasteiger partial charge is 0.254 e. The van der Waals surface area contributed by atoms with E-state index in [4.69, 9.17) is 9.47 Å². The summed E-state index contributed by atoms with van der Waals surface area (Å²) in [5.74, 6) is 1.52. The summed E-state index contributed by atoms with van der Waals surface area (Å²) in [6.07, 6.45) is 1.15. The van der Waals surface area contributed by atoms with E-state index < -0.39 is 0 Å². The van der Waals surface area contributed by atoms with Gasteiger partial charge in [0.2, 0.25) is 5.91 Å². The molecular weight excluding hydrogens is 416 g/mol. The Kier molecular flexibility index (Phi) is 5.90. The molecule has 3 aromatic rings. The van der Waals surface area contributed by atoms with E-state index in [2.05, 4.69) is 0 Å². The van der Waals surface area contributed by atoms with Gasteiger partial charge in [-0.05, 0) is 41.8 Å². The summed E-state index contributed by atoms with van der Waals surface area (Å²) in [4.78, 5) is 29.9. The molecule has 0 spiro atoms. The minimum absolute atomic E-state index is 0.0393. The van der Waals surface area contributed by atoms with Crippen molar-refractivity contribution >= 4 is 22.6 Å². The van der Waals surface area contributed by atoms with E-state index in [-0.39, 0.29) is 23.8 Å². The number of hydrogen-bond donors (Lipinski definition) is 0. The van der Waals surface area contributed by atoms with Gasteiger partial charge in [0.1, 0.15) is 6.61 Å². The molecular formula is C27H28N2O4. The van der Waals surface area contributed by atoms with Crippen LogP contribution in [0.3, 0.4) is 0 Å². The first-order chi connectivity index (χ1) is 16.1. The minimum Gasteiger partial charge on any atom is -0.486 e. The Morgan fingerprint density at radius 1 is 0.939 bits per heavy atom. The molecule has 0 N–H and O–H groups in total. The molecule has 2 heterocycles. The largest absolute Gasteiger partial charge is 0.486 e. The molecule has 5 rings (SSSR count). The number of likely N-dealkylation sites (N-methyl/N-ethyl adjacent to an activating group) is 1. The summed E-state index contributed by atoms with van der Waals surface area (Å²) in [5.41, 5.74) is 0.727. The highest BCUT2D eigenvalue weighted by Gasteiger charge is 2.31. The Bertz CT molecular complexity index is 1160. The molecule has 0 bridgehead atoms. The molecule has 1 fully saturated rings. The fourth-order valence-corrected chi connectivity index (χ4v) is 4.77. The van der Waals surface area contributed by atoms with E-state index in [0.717, 1.165) is 27.8 Å². The van der Waals surface area contributed by atoms with Gasteiger partial charge in [-0.3, -0.25) is 9.59 Å². The highest BCUT2D eigenvalue weighted by molar-refractivity contribution is 6.07. The SMILES string of the molecule is CN(CC1COc2ccccc2O1)C(=O)C1CCN(C(=O)c2cccc3ccccc23)CC1. The molecule has 6 nitrogen and oxygen atoms in total. The van der Waals surface area contributed by atoms with Crippen LogP contribution in [0.4, 0.5) is 0 Å². The predicted octanol–water partition coefficient (Wildman–Crippen LogP) is 3.99. The van der Waals surface area contributed by atoms with Crippen LogP contribution in [0.5, 0.6) is 11.5 Å². The number of carbonyl (C=O) groups excluding carboxylic acids is 2. The lowest BCUT2D eigenvalue weighted by molar-refractivity contribution is -0.137. The van der Waals surface area contributed by atoms with Crippen LogP contribution in [-0.2, 0) is 4.79 Å². The second-order valence-corrected chi connectivity index (χ2v) is 8.81. The Hall–Kier alpha value is -3.54. The van der Waals surface area contributed by atoms with Gasteiger partial charge >= 0.3 is 0 Å². The maximum Gasteiger partial charge on any atom is 0.254 e. The van der Waals surface area contributed by atoms with Crippen molar-refractivity contribution in [1.82, 2.24) is 9.80 Å². The van der Waals surface area contributed by atoms with E-state index in [1.54, 1.807) is 4.90 Å². The molecule has 33 heavy (non-hydrogen) atoms. The third-order valence-corrected chi connectivity index (χ3v) is 6.57. The number of hydrogen-bond acceptors (Lipinski definition) is 4. The first-order valence-corrected chi connectivity index (χ1v) is 11.5. The molecule has 2 amide bonds. The number of benzene rings is 3. The molecule has 0 aromatic heterocycles. The first-order valence-electron chi connectivity index (χ1n) is 11.5. The minimum atomic E-state index is -0.193. The topological polar surface area (TPSA) is 59.1 Å². The highest BCUT2D eigenvalue weighted by Crippen LogP contribution is 2.31. The number of carbonyl (C=O) groups is 2. The average Bonchev–Trinajstić information content (AvgIpc) is 2.87. The monoisotopic (exact) mass is 444 g/mol. The molecule has 1 unspecified atom stereocenters. The summed E-state index contributed by atoms with van der Waals surface area (Å²) >= 11 is 0. The zero-order valence-corrected chi connectivity index (χ0v) is 18.8. The third kappa shape index (κ3) is 4.38. The van der Waals surface area contributed by atoms with Crippen molar-refractivity contribution < 1.29 is 19.1 Å². The van der Waals surface area contributed by atoms with Crippen LogP contribution in [0.25, 0.3) is 10.8 Å². The lowest BCUT2D eigenvalue weighted by atomic mass is 9.94. The second-order valence-electron chi connectivity index (χ2n) is 8.81. The standard InChI is InChI=1S/C27H28N2O4/c1-28(17-21-18-32-24-11-4-5-12-25(24)33-21)26(30)20-13-15-29(16-14-20)27(31)23-10-6-8-19-7-2-3-9-22(19)23/h2-12,20-21H,13-18H2,1H3. The van der Waals surface area contributed by atoms with Gasteiger partial charge in [0, 0.05) is 31.6 Å². The van der Waals surface area contributed by atoms with Gasteiger partial charge in [-0.2, -0.15) is 0 Å². The fourth-order valence-electron chi connectivity index (χ4n) is 4.77. The van der Waals surface area contributed by atoms with Crippen LogP contribution in [0.2, 0.25) is 0 Å². The van der Waals surface area contributed by atoms with Gasteiger partial charge in [-0.15, -0.1) is 0 Å². The number of likely N-dealkylation sites (tertiary alicyclic amines) is 1. The van der Waals surface area contributed by atoms with Crippen molar-refractivity contribution in [2.75, 3.05) is 33.3 Å². The van der Waals surface area contributed by atoms with Crippen molar-refractivity contribution in [3.8, 4) is 11.5 Å². The molecule has 6 heteroatoms. The molecule has 0 aliphatic carbocycles. The van der Waals surface area contributed by atoms with Crippen LogP contribution in [-0.4, -0.2) is 61.0 Å². The number of rotatable bonds is 4. The molecule has 1 saturated heterocycles. The summed E-state index contributed by atoms with van der Waals surface area (Å²) in [5, 5.41) is 2.03. The number of fused-ring (bicyclic) bond motifs is 2. The summed E-state index contributed by atoms with van der Waals surface area (Å²) < 4.78 is 11.8. The van der Waals surface area contributed by atoms with Crippen molar-refractivity contribution in [2.24, 2.45) is 5.92 Å². The quantitative estimate of drug-likeness (QED) is 0.611. The second kappa shape index (κ2) is 9.14. The maximum atomic E-state index is 13.2. The fraction of sp³-hybridized carbons (Fsp3) is 0.333. The molecule has 2 aliphatic heterocycles. The van der Waals surface area contributed by atoms with Gasteiger partial charge in [0.25, 0.3) is 5.91 Å². The van der Waals surface area contributed by atoms with Crippen molar-refractivity contribution in [1.29, 1.82) is 0 Å². The number of piperidine rings is 1. The summed E-state index contributed by atoms with van der Waals surface area (Å²) in [6.45, 7) is 2.07. The van der Waals surface area contributed by atoms with Crippen LogP contribution in [0.15, 0.2) is 66.7 Å². The van der Waals surface area contributed by atoms with Gasteiger partial charge in [0.15, 0.2) is 17.6 Å². The van der Waals surface area contributed by atoms with Crippen LogP contribution >= 0.6 is 0 Å². The van der Waals surface area contributed by atoms with E-state index in [0.29, 0.717) is 39.1 Å². The number of para-hydroxylation sites is 2. The van der Waals surface area contributed by atoms with Crippen LogP contribution in [0, 0.1) is 5.92 Å². The van der Waals surface area contributed by atoms with Gasteiger partial charge < -0.3 is 19.3 Å². The van der Waals surface area contributed by atoms with Crippen molar-refractivity contribution in [3.05, 3.63) is 72.3 Å². The molecule has 3 aromatic carbocycles. The Morgan fingerprint density at radius 2 is 1.64 bits per heavy atom. The van der Waals surface area contributed by atoms with Gasteiger partial charge in [0.05, 0.1) is 6.54 Å². The lowest BCUT2D eigenvalue weighted by Gasteiger charge is -2.35. The lowest BCUT2D eigenvalue weighted by Crippen LogP contribution is -2.47. The summed E-state index contributed by atoms with van der Waals surface area (Å²) in [6, 6.07) is 21.4. The Balaban J connectivity index is 1.17. The van der Waals surface area contributed by atoms with Crippen LogP contribution in [0.1, 0.15) is 23.2 Å². The molecule has 2 aliphatic rings. The van der Waals surface area contributed by atoms with E-state index >= 15 is 0 Å². The predicted molar refractivity (Wildman–Crippen MR) is 127 cm³/mol. The summed E-state index contributed by atoms with van der Waals surface area (Å²) in [7, 11) is 1.82. The third-order valence-electron chi connectivity index (χ3n) is 6.57. The van der Waals surface area contributed by atoms with Crippen LogP contribution < -0.4 is 9.47 Å². The number of ether oxygens (including phenoxy) is 2. The first kappa shape index (κ1) is 21.3. The zero-order chi connectivity index (χ0) is 22.8. The Labute approximate surface area is 193 Å². The average molecular weight is 445 g/mol. The van der Waals surface area contributed by atoms with Gasteiger partial charge in [-0.1, -0.05) is 48.5 Å². The zero-order valence-electron chi connectivity index (χ0n) is 18.8. The molecule has 0 saturated carbocycles. The van der Waals surface area contributed by atoms with Crippen molar-refractivity contribution in [2.45, 2.75) is 18.9 Å². The number of nitrogens with zero attached hydrogens (tertiary/aromatic N) is 2. The van der Waals surface area contributed by atoms with Crippen molar-refractivity contribution in [3.63, 3.8) is 0 Å². The Morgan fingerprint density at radius 3 is 2.45 bits per heavy atom. The molecule has 1 atom stereocenters. The number of amides is 2. The van der Waals surface area contributed by atoms with Gasteiger partial charge in [-0.25, -0.2) is 0 Å². The highest BCUT2D eigenvalue weighted by atomic mass is 16.6.